The van der Waals surface area contributed by atoms with Gasteiger partial charge >= 0.3 is 0 Å². The first-order chi connectivity index (χ1) is 11.1. The van der Waals surface area contributed by atoms with Crippen molar-refractivity contribution in [3.8, 4) is 11.8 Å². The molecule has 0 spiro atoms. The number of hydrogen-bond donors (Lipinski definition) is 0. The van der Waals surface area contributed by atoms with Gasteiger partial charge in [0.05, 0.1) is 29.8 Å². The van der Waals surface area contributed by atoms with E-state index in [4.69, 9.17) is 26.0 Å². The van der Waals surface area contributed by atoms with Crippen LogP contribution >= 0.6 is 27.5 Å². The SMILES string of the molecule is N#CCCN(Cc1ccco1)C(=O)COc1ccc(Cl)cc1Br. The summed E-state index contributed by atoms with van der Waals surface area (Å²) >= 11 is 9.20. The zero-order chi connectivity index (χ0) is 16.7. The lowest BCUT2D eigenvalue weighted by atomic mass is 10.3. The molecular weight excluding hydrogens is 384 g/mol. The van der Waals surface area contributed by atoms with Gasteiger partial charge < -0.3 is 14.1 Å². The molecule has 5 nitrogen and oxygen atoms in total. The summed E-state index contributed by atoms with van der Waals surface area (Å²) < 4.78 is 11.4. The number of nitrogens with zero attached hydrogens (tertiary/aromatic N) is 2. The average molecular weight is 398 g/mol. The van der Waals surface area contributed by atoms with E-state index in [-0.39, 0.29) is 18.9 Å². The molecule has 1 aromatic heterocycles. The Morgan fingerprint density at radius 1 is 1.43 bits per heavy atom. The molecule has 1 aromatic carbocycles. The number of halogens is 2. The van der Waals surface area contributed by atoms with Gasteiger partial charge in [-0.1, -0.05) is 11.6 Å². The van der Waals surface area contributed by atoms with Crippen LogP contribution in [0.25, 0.3) is 0 Å². The molecule has 0 unspecified atom stereocenters. The number of nitriles is 1. The zero-order valence-electron chi connectivity index (χ0n) is 12.2. The van der Waals surface area contributed by atoms with Gasteiger partial charge in [-0.3, -0.25) is 4.79 Å². The van der Waals surface area contributed by atoms with Gasteiger partial charge in [-0.2, -0.15) is 5.26 Å². The maximum atomic E-state index is 12.3. The van der Waals surface area contributed by atoms with Crippen molar-refractivity contribution in [1.29, 1.82) is 5.26 Å². The molecule has 0 N–H and O–H groups in total. The Bertz CT molecular complexity index is 698. The molecular formula is C16H14BrClN2O3. The fourth-order valence-corrected chi connectivity index (χ4v) is 2.69. The molecule has 2 rings (SSSR count). The second kappa shape index (κ2) is 8.61. The Hall–Kier alpha value is -1.97. The summed E-state index contributed by atoms with van der Waals surface area (Å²) in [7, 11) is 0. The number of ether oxygens (including phenoxy) is 1. The number of hydrogen-bond acceptors (Lipinski definition) is 4. The largest absolute Gasteiger partial charge is 0.483 e. The number of furan rings is 1. The third kappa shape index (κ3) is 5.31. The van der Waals surface area contributed by atoms with Crippen molar-refractivity contribution in [3.05, 3.63) is 51.9 Å². The van der Waals surface area contributed by atoms with Crippen molar-refractivity contribution >= 4 is 33.4 Å². The molecule has 0 radical (unpaired) electrons. The number of carbonyl (C=O) groups is 1. The molecule has 23 heavy (non-hydrogen) atoms. The summed E-state index contributed by atoms with van der Waals surface area (Å²) in [6.07, 6.45) is 1.79. The summed E-state index contributed by atoms with van der Waals surface area (Å²) in [6, 6.07) is 10.6. The summed E-state index contributed by atoms with van der Waals surface area (Å²) in [5.41, 5.74) is 0. The molecule has 0 atom stereocenters. The molecule has 0 fully saturated rings. The highest BCUT2D eigenvalue weighted by Crippen LogP contribution is 2.28. The number of carbonyl (C=O) groups excluding carboxylic acids is 1. The number of rotatable bonds is 7. The van der Waals surface area contributed by atoms with E-state index in [1.807, 2.05) is 6.07 Å². The lowest BCUT2D eigenvalue weighted by molar-refractivity contribution is -0.134. The summed E-state index contributed by atoms with van der Waals surface area (Å²) in [4.78, 5) is 13.9. The fraction of sp³-hybridized carbons (Fsp3) is 0.250. The maximum Gasteiger partial charge on any atom is 0.260 e. The molecule has 0 saturated carbocycles. The van der Waals surface area contributed by atoms with Crippen LogP contribution in [0.3, 0.4) is 0 Å². The summed E-state index contributed by atoms with van der Waals surface area (Å²) in [6.45, 7) is 0.492. The number of amides is 1. The summed E-state index contributed by atoms with van der Waals surface area (Å²) in [5.74, 6) is 0.962. The smallest absolute Gasteiger partial charge is 0.260 e. The maximum absolute atomic E-state index is 12.3. The minimum Gasteiger partial charge on any atom is -0.483 e. The second-order valence-corrected chi connectivity index (χ2v) is 5.96. The molecule has 2 aromatic rings. The standard InChI is InChI=1S/C16H14BrClN2O3/c17-14-9-12(18)4-5-15(14)23-11-16(21)20(7-2-6-19)10-13-3-1-8-22-13/h1,3-5,8-9H,2,7,10-11H2. The van der Waals surface area contributed by atoms with Crippen molar-refractivity contribution in [2.75, 3.05) is 13.2 Å². The highest BCUT2D eigenvalue weighted by atomic mass is 79.9. The van der Waals surface area contributed by atoms with Crippen LogP contribution in [0.4, 0.5) is 0 Å². The van der Waals surface area contributed by atoms with Crippen LogP contribution < -0.4 is 4.74 Å². The van der Waals surface area contributed by atoms with Crippen molar-refractivity contribution in [3.63, 3.8) is 0 Å². The van der Waals surface area contributed by atoms with Gasteiger partial charge in [-0.25, -0.2) is 0 Å². The van der Waals surface area contributed by atoms with Crippen molar-refractivity contribution in [2.45, 2.75) is 13.0 Å². The fourth-order valence-electron chi connectivity index (χ4n) is 1.89. The first-order valence-electron chi connectivity index (χ1n) is 6.85. The van der Waals surface area contributed by atoms with Crippen LogP contribution in [0.2, 0.25) is 5.02 Å². The van der Waals surface area contributed by atoms with Gasteiger partial charge in [-0.05, 0) is 46.3 Å². The van der Waals surface area contributed by atoms with Crippen LogP contribution in [0.5, 0.6) is 5.75 Å². The third-order valence-corrected chi connectivity index (χ3v) is 3.87. The predicted octanol–water partition coefficient (Wildman–Crippen LogP) is 4.02. The minimum atomic E-state index is -0.224. The Balaban J connectivity index is 1.97. The normalized spacial score (nSPS) is 10.1. The Labute approximate surface area is 147 Å². The van der Waals surface area contributed by atoms with Gasteiger partial charge in [0.25, 0.3) is 5.91 Å². The molecule has 120 valence electrons. The Kier molecular flexibility index (Phi) is 6.51. The third-order valence-electron chi connectivity index (χ3n) is 3.02. The van der Waals surface area contributed by atoms with Gasteiger partial charge in [0.2, 0.25) is 0 Å². The van der Waals surface area contributed by atoms with Gasteiger partial charge in [0, 0.05) is 11.6 Å². The van der Waals surface area contributed by atoms with E-state index in [9.17, 15) is 4.79 Å². The van der Waals surface area contributed by atoms with E-state index in [2.05, 4.69) is 15.9 Å². The van der Waals surface area contributed by atoms with E-state index in [1.54, 1.807) is 36.6 Å². The first-order valence-corrected chi connectivity index (χ1v) is 8.02. The van der Waals surface area contributed by atoms with Crippen LogP contribution in [0, 0.1) is 11.3 Å². The van der Waals surface area contributed by atoms with Crippen molar-refractivity contribution in [1.82, 2.24) is 4.90 Å². The van der Waals surface area contributed by atoms with Gasteiger partial charge in [0.1, 0.15) is 11.5 Å². The van der Waals surface area contributed by atoms with Crippen molar-refractivity contribution in [2.24, 2.45) is 0 Å². The van der Waals surface area contributed by atoms with E-state index >= 15 is 0 Å². The predicted molar refractivity (Wildman–Crippen MR) is 89.0 cm³/mol. The molecule has 1 amide bonds. The lowest BCUT2D eigenvalue weighted by Gasteiger charge is -2.20. The highest BCUT2D eigenvalue weighted by molar-refractivity contribution is 9.10. The molecule has 0 aliphatic carbocycles. The highest BCUT2D eigenvalue weighted by Gasteiger charge is 2.16. The first kappa shape index (κ1) is 17.4. The van der Waals surface area contributed by atoms with Crippen LogP contribution in [-0.2, 0) is 11.3 Å². The molecule has 0 bridgehead atoms. The quantitative estimate of drug-likeness (QED) is 0.708. The average Bonchev–Trinajstić information content (AvgIpc) is 3.03. The van der Waals surface area contributed by atoms with Crippen LogP contribution in [0.15, 0.2) is 45.5 Å². The topological polar surface area (TPSA) is 66.5 Å². The van der Waals surface area contributed by atoms with E-state index in [1.165, 1.54) is 4.90 Å². The van der Waals surface area contributed by atoms with Crippen LogP contribution in [0.1, 0.15) is 12.2 Å². The molecule has 0 saturated heterocycles. The molecule has 7 heteroatoms. The molecule has 0 aliphatic heterocycles. The lowest BCUT2D eigenvalue weighted by Crippen LogP contribution is -2.35. The summed E-state index contributed by atoms with van der Waals surface area (Å²) in [5, 5.41) is 9.31. The molecule has 0 aliphatic rings. The minimum absolute atomic E-state index is 0.133. The Morgan fingerprint density at radius 2 is 2.26 bits per heavy atom. The Morgan fingerprint density at radius 3 is 2.91 bits per heavy atom. The monoisotopic (exact) mass is 396 g/mol. The number of benzene rings is 1. The zero-order valence-corrected chi connectivity index (χ0v) is 14.5. The van der Waals surface area contributed by atoms with Crippen molar-refractivity contribution < 1.29 is 13.9 Å². The van der Waals surface area contributed by atoms with E-state index < -0.39 is 0 Å². The second-order valence-electron chi connectivity index (χ2n) is 4.67. The van der Waals surface area contributed by atoms with Crippen LogP contribution in [-0.4, -0.2) is 24.0 Å². The van der Waals surface area contributed by atoms with Gasteiger partial charge in [0.15, 0.2) is 6.61 Å². The van der Waals surface area contributed by atoms with E-state index in [0.29, 0.717) is 34.1 Å². The van der Waals surface area contributed by atoms with Gasteiger partial charge in [-0.15, -0.1) is 0 Å². The molecule has 1 heterocycles. The van der Waals surface area contributed by atoms with E-state index in [0.717, 1.165) is 0 Å².